The van der Waals surface area contributed by atoms with Crippen LogP contribution >= 0.6 is 0 Å². The average Bonchev–Trinajstić information content (AvgIpc) is 2.26. The lowest BCUT2D eigenvalue weighted by molar-refractivity contribution is -0.0927. The van der Waals surface area contributed by atoms with Gasteiger partial charge in [-0.3, -0.25) is 0 Å². The van der Waals surface area contributed by atoms with E-state index in [-0.39, 0.29) is 11.0 Å². The summed E-state index contributed by atoms with van der Waals surface area (Å²) < 4.78 is 16.1. The van der Waals surface area contributed by atoms with Crippen molar-refractivity contribution in [1.82, 2.24) is 0 Å². The molecule has 1 aliphatic rings. The van der Waals surface area contributed by atoms with Crippen LogP contribution in [0.3, 0.4) is 0 Å². The molecule has 0 aromatic heterocycles. The number of nitrogens with two attached hydrogens (primary N) is 1. The van der Waals surface area contributed by atoms with Crippen molar-refractivity contribution in [3.05, 3.63) is 23.8 Å². The molecule has 0 atom stereocenters. The Balaban J connectivity index is 2.49. The van der Waals surface area contributed by atoms with Crippen molar-refractivity contribution in [2.45, 2.75) is 24.8 Å². The fourth-order valence-corrected chi connectivity index (χ4v) is 2.37. The molecule has 0 saturated carbocycles. The lowest BCUT2D eigenvalue weighted by atomic mass is 9.65. The second kappa shape index (κ2) is 4.44. The molecule has 0 amide bonds. The Morgan fingerprint density at radius 1 is 1.22 bits per heavy atom. The maximum atomic E-state index is 6.34. The van der Waals surface area contributed by atoms with E-state index in [1.165, 1.54) is 0 Å². The second-order valence-electron chi connectivity index (χ2n) is 5.36. The summed E-state index contributed by atoms with van der Waals surface area (Å²) in [5, 5.41) is 0. The van der Waals surface area contributed by atoms with Crippen molar-refractivity contribution in [2.75, 3.05) is 27.4 Å². The molecule has 100 valence electrons. The van der Waals surface area contributed by atoms with Crippen LogP contribution in [0.4, 0.5) is 0 Å². The van der Waals surface area contributed by atoms with Crippen LogP contribution < -0.4 is 15.2 Å². The van der Waals surface area contributed by atoms with Gasteiger partial charge >= 0.3 is 0 Å². The molecule has 1 saturated heterocycles. The third-order valence-corrected chi connectivity index (χ3v) is 3.85. The molecule has 2 rings (SSSR count). The van der Waals surface area contributed by atoms with Gasteiger partial charge in [-0.15, -0.1) is 0 Å². The normalized spacial score (nSPS) is 18.1. The van der Waals surface area contributed by atoms with Crippen LogP contribution in [0.5, 0.6) is 11.5 Å². The minimum absolute atomic E-state index is 0.190. The van der Waals surface area contributed by atoms with Crippen LogP contribution in [0.1, 0.15) is 19.4 Å². The van der Waals surface area contributed by atoms with Crippen molar-refractivity contribution in [1.29, 1.82) is 0 Å². The number of benzene rings is 1. The third kappa shape index (κ3) is 1.85. The molecule has 0 aliphatic carbocycles. The molecule has 0 spiro atoms. The highest BCUT2D eigenvalue weighted by Crippen LogP contribution is 2.45. The van der Waals surface area contributed by atoms with Gasteiger partial charge in [0.1, 0.15) is 11.5 Å². The molecule has 0 radical (unpaired) electrons. The maximum absolute atomic E-state index is 6.34. The largest absolute Gasteiger partial charge is 0.497 e. The molecular formula is C14H21NO3. The zero-order chi connectivity index (χ0) is 13.4. The monoisotopic (exact) mass is 251 g/mol. The Kier molecular flexibility index (Phi) is 3.25. The summed E-state index contributed by atoms with van der Waals surface area (Å²) in [5.41, 5.74) is 6.86. The van der Waals surface area contributed by atoms with Gasteiger partial charge in [-0.1, -0.05) is 6.07 Å². The summed E-state index contributed by atoms with van der Waals surface area (Å²) in [7, 11) is 3.30. The first-order chi connectivity index (χ1) is 8.44. The number of ether oxygens (including phenoxy) is 3. The minimum Gasteiger partial charge on any atom is -0.497 e. The Morgan fingerprint density at radius 3 is 2.28 bits per heavy atom. The topological polar surface area (TPSA) is 53.7 Å². The van der Waals surface area contributed by atoms with E-state index in [0.717, 1.165) is 17.1 Å². The quantitative estimate of drug-likeness (QED) is 0.885. The Hall–Kier alpha value is -1.26. The summed E-state index contributed by atoms with van der Waals surface area (Å²) in [6.07, 6.45) is 0. The summed E-state index contributed by atoms with van der Waals surface area (Å²) in [6, 6.07) is 5.85. The van der Waals surface area contributed by atoms with Crippen LogP contribution in [0.15, 0.2) is 18.2 Å². The summed E-state index contributed by atoms with van der Waals surface area (Å²) in [6.45, 7) is 5.30. The van der Waals surface area contributed by atoms with Crippen molar-refractivity contribution < 1.29 is 14.2 Å². The van der Waals surface area contributed by atoms with Gasteiger partial charge in [0, 0.05) is 17.2 Å². The van der Waals surface area contributed by atoms with Gasteiger partial charge in [0.05, 0.1) is 32.8 Å². The SMILES string of the molecule is COc1ccc(C2(C(C)(C)N)COC2)c(OC)c1. The highest BCUT2D eigenvalue weighted by atomic mass is 16.5. The van der Waals surface area contributed by atoms with Crippen molar-refractivity contribution >= 4 is 0 Å². The fourth-order valence-electron chi connectivity index (χ4n) is 2.37. The highest BCUT2D eigenvalue weighted by molar-refractivity contribution is 5.48. The van der Waals surface area contributed by atoms with E-state index >= 15 is 0 Å². The smallest absolute Gasteiger partial charge is 0.126 e. The van der Waals surface area contributed by atoms with Crippen molar-refractivity contribution in [2.24, 2.45) is 5.73 Å². The number of hydrogen-bond acceptors (Lipinski definition) is 4. The van der Waals surface area contributed by atoms with Crippen LogP contribution in [0.25, 0.3) is 0 Å². The third-order valence-electron chi connectivity index (χ3n) is 3.85. The van der Waals surface area contributed by atoms with Crippen molar-refractivity contribution in [3.63, 3.8) is 0 Å². The molecule has 1 fully saturated rings. The standard InChI is InChI=1S/C14H21NO3/c1-13(2,15)14(8-18-9-14)11-6-5-10(16-3)7-12(11)17-4/h5-7H,8-9,15H2,1-4H3. The number of methoxy groups -OCH3 is 2. The Bertz CT molecular complexity index is 433. The van der Waals surface area contributed by atoms with E-state index in [1.54, 1.807) is 14.2 Å². The molecular weight excluding hydrogens is 230 g/mol. The van der Waals surface area contributed by atoms with E-state index in [0.29, 0.717) is 13.2 Å². The van der Waals surface area contributed by atoms with Crippen LogP contribution in [0.2, 0.25) is 0 Å². The first-order valence-electron chi connectivity index (χ1n) is 6.04. The van der Waals surface area contributed by atoms with E-state index < -0.39 is 0 Å². The molecule has 0 unspecified atom stereocenters. The average molecular weight is 251 g/mol. The molecule has 0 bridgehead atoms. The maximum Gasteiger partial charge on any atom is 0.126 e. The highest BCUT2D eigenvalue weighted by Gasteiger charge is 2.51. The van der Waals surface area contributed by atoms with Gasteiger partial charge < -0.3 is 19.9 Å². The summed E-state index contributed by atoms with van der Waals surface area (Å²) in [4.78, 5) is 0. The molecule has 1 aliphatic heterocycles. The van der Waals surface area contributed by atoms with Gasteiger partial charge in [-0.05, 0) is 19.9 Å². The Morgan fingerprint density at radius 2 is 1.89 bits per heavy atom. The van der Waals surface area contributed by atoms with Gasteiger partial charge in [0.15, 0.2) is 0 Å². The number of hydrogen-bond donors (Lipinski definition) is 1. The molecule has 4 heteroatoms. The molecule has 2 N–H and O–H groups in total. The molecule has 1 heterocycles. The van der Waals surface area contributed by atoms with Crippen molar-refractivity contribution in [3.8, 4) is 11.5 Å². The summed E-state index contributed by atoms with van der Waals surface area (Å²) >= 11 is 0. The van der Waals surface area contributed by atoms with Crippen LogP contribution in [-0.2, 0) is 10.2 Å². The van der Waals surface area contributed by atoms with Gasteiger partial charge in [-0.2, -0.15) is 0 Å². The first kappa shape index (κ1) is 13.2. The molecule has 1 aromatic rings. The van der Waals surface area contributed by atoms with Gasteiger partial charge in [-0.25, -0.2) is 0 Å². The molecule has 18 heavy (non-hydrogen) atoms. The molecule has 4 nitrogen and oxygen atoms in total. The lowest BCUT2D eigenvalue weighted by Crippen LogP contribution is -2.64. The van der Waals surface area contributed by atoms with Crippen LogP contribution in [0, 0.1) is 0 Å². The first-order valence-corrected chi connectivity index (χ1v) is 6.04. The predicted octanol–water partition coefficient (Wildman–Crippen LogP) is 1.71. The molecule has 1 aromatic carbocycles. The van der Waals surface area contributed by atoms with E-state index in [1.807, 2.05) is 32.0 Å². The second-order valence-corrected chi connectivity index (χ2v) is 5.36. The minimum atomic E-state index is -0.368. The lowest BCUT2D eigenvalue weighted by Gasteiger charge is -2.51. The summed E-state index contributed by atoms with van der Waals surface area (Å²) in [5.74, 6) is 1.58. The zero-order valence-corrected chi connectivity index (χ0v) is 11.4. The van der Waals surface area contributed by atoms with E-state index in [4.69, 9.17) is 19.9 Å². The zero-order valence-electron chi connectivity index (χ0n) is 11.4. The van der Waals surface area contributed by atoms with E-state index in [2.05, 4.69) is 0 Å². The van der Waals surface area contributed by atoms with Gasteiger partial charge in [0.25, 0.3) is 0 Å². The van der Waals surface area contributed by atoms with E-state index in [9.17, 15) is 0 Å². The Labute approximate surface area is 108 Å². The fraction of sp³-hybridized carbons (Fsp3) is 0.571. The number of rotatable bonds is 4. The van der Waals surface area contributed by atoms with Gasteiger partial charge in [0.2, 0.25) is 0 Å². The predicted molar refractivity (Wildman–Crippen MR) is 70.3 cm³/mol. The van der Waals surface area contributed by atoms with Crippen LogP contribution in [-0.4, -0.2) is 33.0 Å².